The van der Waals surface area contributed by atoms with Crippen LogP contribution in [-0.4, -0.2) is 36.0 Å². The van der Waals surface area contributed by atoms with E-state index < -0.39 is 6.10 Å². The van der Waals surface area contributed by atoms with Crippen LogP contribution in [0.1, 0.15) is 13.3 Å². The van der Waals surface area contributed by atoms with Gasteiger partial charge < -0.3 is 14.6 Å². The van der Waals surface area contributed by atoms with Crippen LogP contribution in [0.25, 0.3) is 0 Å². The van der Waals surface area contributed by atoms with Gasteiger partial charge in [-0.25, -0.2) is 4.79 Å². The Balaban J connectivity index is 2.17. The molecule has 4 nitrogen and oxygen atoms in total. The summed E-state index contributed by atoms with van der Waals surface area (Å²) in [5.41, 5.74) is 0. The van der Waals surface area contributed by atoms with E-state index in [1.807, 2.05) is 6.92 Å². The summed E-state index contributed by atoms with van der Waals surface area (Å²) in [4.78, 5) is 11.1. The SMILES string of the molecule is C[C@H]1C[C@H]2OC(=O)[C@@H](O1)[C@H]2CO. The van der Waals surface area contributed by atoms with Crippen LogP contribution in [0, 0.1) is 5.92 Å². The van der Waals surface area contributed by atoms with E-state index in [0.717, 1.165) is 0 Å². The van der Waals surface area contributed by atoms with Gasteiger partial charge in [0.15, 0.2) is 6.10 Å². The summed E-state index contributed by atoms with van der Waals surface area (Å²) in [6, 6.07) is 0. The lowest BCUT2D eigenvalue weighted by Crippen LogP contribution is -2.40. The molecule has 2 fully saturated rings. The minimum absolute atomic E-state index is 0.0339. The molecule has 0 aromatic heterocycles. The molecule has 2 saturated heterocycles. The fourth-order valence-corrected chi connectivity index (χ4v) is 1.90. The van der Waals surface area contributed by atoms with Gasteiger partial charge in [-0.05, 0) is 6.92 Å². The molecule has 0 spiro atoms. The maximum Gasteiger partial charge on any atom is 0.336 e. The van der Waals surface area contributed by atoms with Crippen molar-refractivity contribution in [2.75, 3.05) is 6.61 Å². The molecule has 2 rings (SSSR count). The second kappa shape index (κ2) is 2.71. The number of aliphatic hydroxyl groups excluding tert-OH is 1. The van der Waals surface area contributed by atoms with Crippen molar-refractivity contribution in [3.8, 4) is 0 Å². The third kappa shape index (κ3) is 1.03. The lowest BCUT2D eigenvalue weighted by atomic mass is 9.92. The first-order chi connectivity index (χ1) is 5.72. The monoisotopic (exact) mass is 172 g/mol. The van der Waals surface area contributed by atoms with E-state index in [9.17, 15) is 4.79 Å². The smallest absolute Gasteiger partial charge is 0.336 e. The van der Waals surface area contributed by atoms with Crippen molar-refractivity contribution >= 4 is 5.97 Å². The summed E-state index contributed by atoms with van der Waals surface area (Å²) < 4.78 is 10.4. The molecular formula is C8H12O4. The molecule has 4 atom stereocenters. The molecule has 4 heteroatoms. The fourth-order valence-electron chi connectivity index (χ4n) is 1.90. The predicted molar refractivity (Wildman–Crippen MR) is 39.4 cm³/mol. The zero-order chi connectivity index (χ0) is 8.72. The summed E-state index contributed by atoms with van der Waals surface area (Å²) in [6.07, 6.45) is 0.113. The molecule has 0 saturated carbocycles. The molecule has 2 bridgehead atoms. The van der Waals surface area contributed by atoms with Crippen LogP contribution in [0.3, 0.4) is 0 Å². The van der Waals surface area contributed by atoms with Gasteiger partial charge in [0.25, 0.3) is 0 Å². The van der Waals surface area contributed by atoms with Gasteiger partial charge in [-0.1, -0.05) is 0 Å². The van der Waals surface area contributed by atoms with E-state index in [2.05, 4.69) is 0 Å². The predicted octanol–water partition coefficient (Wildman–Crippen LogP) is -0.302. The van der Waals surface area contributed by atoms with E-state index in [1.165, 1.54) is 0 Å². The van der Waals surface area contributed by atoms with Crippen LogP contribution >= 0.6 is 0 Å². The Bertz CT molecular complexity index is 203. The third-order valence-electron chi connectivity index (χ3n) is 2.52. The number of aliphatic hydroxyl groups is 1. The first kappa shape index (κ1) is 8.01. The Morgan fingerprint density at radius 3 is 3.00 bits per heavy atom. The van der Waals surface area contributed by atoms with Gasteiger partial charge in [0, 0.05) is 6.42 Å². The number of ether oxygens (including phenoxy) is 2. The van der Waals surface area contributed by atoms with E-state index >= 15 is 0 Å². The largest absolute Gasteiger partial charge is 0.460 e. The Morgan fingerprint density at radius 1 is 1.67 bits per heavy atom. The average Bonchev–Trinajstić information content (AvgIpc) is 2.20. The fraction of sp³-hybridized carbons (Fsp3) is 0.875. The Kier molecular flexibility index (Phi) is 1.81. The summed E-state index contributed by atoms with van der Waals surface area (Å²) >= 11 is 0. The topological polar surface area (TPSA) is 55.8 Å². The molecule has 12 heavy (non-hydrogen) atoms. The second-order valence-corrected chi connectivity index (χ2v) is 3.42. The molecule has 0 aromatic rings. The number of esters is 1. The molecule has 1 N–H and O–H groups in total. The van der Waals surface area contributed by atoms with Crippen LogP contribution in [0.5, 0.6) is 0 Å². The molecule has 0 unspecified atom stereocenters. The lowest BCUT2D eigenvalue weighted by Gasteiger charge is -2.28. The highest BCUT2D eigenvalue weighted by Gasteiger charge is 2.49. The van der Waals surface area contributed by atoms with Crippen molar-refractivity contribution in [2.45, 2.75) is 31.7 Å². The number of rotatable bonds is 1. The van der Waals surface area contributed by atoms with Gasteiger partial charge in [-0.15, -0.1) is 0 Å². The molecule has 0 aliphatic carbocycles. The van der Waals surface area contributed by atoms with Gasteiger partial charge in [-0.3, -0.25) is 0 Å². The minimum Gasteiger partial charge on any atom is -0.460 e. The number of carbonyl (C=O) groups is 1. The van der Waals surface area contributed by atoms with Crippen LogP contribution in [0.2, 0.25) is 0 Å². The molecular weight excluding hydrogens is 160 g/mol. The van der Waals surface area contributed by atoms with Gasteiger partial charge in [0.2, 0.25) is 0 Å². The van der Waals surface area contributed by atoms with Crippen LogP contribution in [0.15, 0.2) is 0 Å². The number of hydrogen-bond acceptors (Lipinski definition) is 4. The highest BCUT2D eigenvalue weighted by atomic mass is 16.6. The Labute approximate surface area is 70.5 Å². The quantitative estimate of drug-likeness (QED) is 0.551. The summed E-state index contributed by atoms with van der Waals surface area (Å²) in [6.45, 7) is 1.88. The molecule has 0 aromatic carbocycles. The first-order valence-corrected chi connectivity index (χ1v) is 4.19. The van der Waals surface area contributed by atoms with Crippen LogP contribution < -0.4 is 0 Å². The summed E-state index contributed by atoms with van der Waals surface area (Å²) in [5.74, 6) is -0.461. The van der Waals surface area contributed by atoms with Crippen molar-refractivity contribution in [3.63, 3.8) is 0 Å². The van der Waals surface area contributed by atoms with Gasteiger partial charge in [0.05, 0.1) is 18.6 Å². The van der Waals surface area contributed by atoms with Gasteiger partial charge in [-0.2, -0.15) is 0 Å². The Morgan fingerprint density at radius 2 is 2.42 bits per heavy atom. The molecule has 2 aliphatic heterocycles. The molecule has 68 valence electrons. The van der Waals surface area contributed by atoms with Crippen molar-refractivity contribution in [3.05, 3.63) is 0 Å². The highest BCUT2D eigenvalue weighted by Crippen LogP contribution is 2.34. The lowest BCUT2D eigenvalue weighted by molar-refractivity contribution is -0.148. The normalized spacial score (nSPS) is 46.0. The van der Waals surface area contributed by atoms with E-state index in [1.54, 1.807) is 0 Å². The molecule has 2 aliphatic rings. The summed E-state index contributed by atoms with van der Waals surface area (Å²) in [7, 11) is 0. The van der Waals surface area contributed by atoms with E-state index in [-0.39, 0.29) is 30.7 Å². The minimum atomic E-state index is -0.524. The number of hydrogen-bond donors (Lipinski definition) is 1. The zero-order valence-electron chi connectivity index (χ0n) is 6.90. The summed E-state index contributed by atoms with van der Waals surface area (Å²) in [5, 5.41) is 8.96. The number of fused-ring (bicyclic) bond motifs is 2. The maximum absolute atomic E-state index is 11.1. The molecule has 2 heterocycles. The van der Waals surface area contributed by atoms with Gasteiger partial charge in [0.1, 0.15) is 6.10 Å². The van der Waals surface area contributed by atoms with Crippen molar-refractivity contribution in [1.82, 2.24) is 0 Å². The third-order valence-corrected chi connectivity index (χ3v) is 2.52. The molecule has 0 amide bonds. The van der Waals surface area contributed by atoms with Crippen molar-refractivity contribution in [2.24, 2.45) is 5.92 Å². The highest BCUT2D eigenvalue weighted by molar-refractivity contribution is 5.78. The second-order valence-electron chi connectivity index (χ2n) is 3.42. The molecule has 0 radical (unpaired) electrons. The van der Waals surface area contributed by atoms with Crippen LogP contribution in [-0.2, 0) is 14.3 Å². The van der Waals surface area contributed by atoms with E-state index in [0.29, 0.717) is 6.42 Å². The zero-order valence-corrected chi connectivity index (χ0v) is 6.90. The van der Waals surface area contributed by atoms with Gasteiger partial charge >= 0.3 is 5.97 Å². The van der Waals surface area contributed by atoms with Crippen molar-refractivity contribution < 1.29 is 19.4 Å². The maximum atomic E-state index is 11.1. The standard InChI is InChI=1S/C8H12O4/c1-4-2-6-5(3-9)7(11-4)8(10)12-6/h4-7,9H,2-3H2,1H3/t4-,5-,6+,7-/m0/s1. The number of carbonyl (C=O) groups excluding carboxylic acids is 1. The van der Waals surface area contributed by atoms with E-state index in [4.69, 9.17) is 14.6 Å². The Hall–Kier alpha value is -0.610. The van der Waals surface area contributed by atoms with Crippen molar-refractivity contribution in [1.29, 1.82) is 0 Å². The first-order valence-electron chi connectivity index (χ1n) is 4.19. The van der Waals surface area contributed by atoms with Crippen LogP contribution in [0.4, 0.5) is 0 Å². The average molecular weight is 172 g/mol.